The van der Waals surface area contributed by atoms with Crippen LogP contribution < -0.4 is 4.74 Å². The fourth-order valence-electron chi connectivity index (χ4n) is 4.35. The first-order valence-electron chi connectivity index (χ1n) is 11.0. The Morgan fingerprint density at radius 3 is 2.65 bits per heavy atom. The average molecular weight is 450 g/mol. The number of carbonyl (C=O) groups excluding carboxylic acids is 2. The van der Waals surface area contributed by atoms with Crippen LogP contribution in [0.5, 0.6) is 5.75 Å². The van der Waals surface area contributed by atoms with Crippen LogP contribution in [0.4, 0.5) is 0 Å². The number of carbonyl (C=O) groups is 2. The zero-order chi connectivity index (χ0) is 24.0. The molecule has 0 unspecified atom stereocenters. The molecule has 3 aromatic rings. The Bertz CT molecular complexity index is 1440. The molecule has 0 bridgehead atoms. The smallest absolute Gasteiger partial charge is 0.271 e. The van der Waals surface area contributed by atoms with Gasteiger partial charge >= 0.3 is 0 Å². The maximum atomic E-state index is 13.0. The van der Waals surface area contributed by atoms with E-state index in [0.29, 0.717) is 22.4 Å². The molecule has 0 fully saturated rings. The van der Waals surface area contributed by atoms with Crippen molar-refractivity contribution in [2.45, 2.75) is 26.4 Å². The lowest BCUT2D eigenvalue weighted by atomic mass is 9.93. The van der Waals surface area contributed by atoms with E-state index in [0.717, 1.165) is 33.9 Å². The second kappa shape index (κ2) is 8.16. The molecule has 7 heteroatoms. The molecule has 2 aromatic carbocycles. The van der Waals surface area contributed by atoms with E-state index in [1.807, 2.05) is 61.7 Å². The third-order valence-electron chi connectivity index (χ3n) is 6.18. The Kier molecular flexibility index (Phi) is 5.14. The van der Waals surface area contributed by atoms with Crippen molar-refractivity contribution >= 4 is 17.9 Å². The molecule has 0 N–H and O–H groups in total. The number of hydrogen-bond donors (Lipinski definition) is 0. The van der Waals surface area contributed by atoms with Crippen LogP contribution in [0.2, 0.25) is 0 Å². The Morgan fingerprint density at radius 2 is 1.91 bits per heavy atom. The number of nitrogens with zero attached hydrogens (tertiary/aromatic N) is 4. The molecule has 0 spiro atoms. The minimum Gasteiger partial charge on any atom is -0.490 e. The number of imide groups is 1. The molecule has 1 atom stereocenters. The van der Waals surface area contributed by atoms with Crippen molar-refractivity contribution in [2.24, 2.45) is 0 Å². The van der Waals surface area contributed by atoms with E-state index < -0.39 is 11.8 Å². The largest absolute Gasteiger partial charge is 0.490 e. The molecule has 168 valence electrons. The first-order valence-corrected chi connectivity index (χ1v) is 11.0. The standard InChI is InChI=1S/C27H22N4O3/c1-16-11-19-12-18(9-10-24(19)34-16)25-20(15-31(29-25)21-7-5-4-6-8-21)13-22-17(2)23(14-28)27(33)30(3)26(22)32/h4-10,12-13,15-16H,11H2,1-3H3/b22-13-/t16-/m0/s1. The van der Waals surface area contributed by atoms with Crippen LogP contribution in [0.1, 0.15) is 25.0 Å². The first kappa shape index (κ1) is 21.4. The SMILES string of the molecule is CC1=C(C#N)C(=O)N(C)C(=O)/C1=C\c1cn(-c2ccccc2)nc1-c1ccc2c(c1)C[C@H](C)O2. The summed E-state index contributed by atoms with van der Waals surface area (Å²) in [5.41, 5.74) is 4.91. The summed E-state index contributed by atoms with van der Waals surface area (Å²) in [4.78, 5) is 26.3. The van der Waals surface area contributed by atoms with E-state index >= 15 is 0 Å². The van der Waals surface area contributed by atoms with Gasteiger partial charge in [0.15, 0.2) is 0 Å². The summed E-state index contributed by atoms with van der Waals surface area (Å²) in [6, 6.07) is 17.6. The van der Waals surface area contributed by atoms with Gasteiger partial charge in [-0.1, -0.05) is 18.2 Å². The van der Waals surface area contributed by atoms with Crippen molar-refractivity contribution in [3.63, 3.8) is 0 Å². The molecule has 0 saturated heterocycles. The number of para-hydroxylation sites is 1. The van der Waals surface area contributed by atoms with Crippen molar-refractivity contribution in [2.75, 3.05) is 7.05 Å². The summed E-state index contributed by atoms with van der Waals surface area (Å²) in [6.45, 7) is 3.66. The number of hydrogen-bond acceptors (Lipinski definition) is 5. The van der Waals surface area contributed by atoms with E-state index in [1.165, 1.54) is 7.05 Å². The molecule has 3 heterocycles. The normalized spacial score (nSPS) is 18.8. The van der Waals surface area contributed by atoms with Crippen molar-refractivity contribution in [1.82, 2.24) is 14.7 Å². The van der Waals surface area contributed by atoms with E-state index in [9.17, 15) is 14.9 Å². The highest BCUT2D eigenvalue weighted by molar-refractivity contribution is 6.19. The highest BCUT2D eigenvalue weighted by Gasteiger charge is 2.33. The Labute approximate surface area is 197 Å². The maximum Gasteiger partial charge on any atom is 0.271 e. The lowest BCUT2D eigenvalue weighted by Crippen LogP contribution is -2.39. The average Bonchev–Trinajstić information content (AvgIpc) is 3.43. The van der Waals surface area contributed by atoms with Crippen LogP contribution in [-0.2, 0) is 16.0 Å². The van der Waals surface area contributed by atoms with Gasteiger partial charge in [-0.3, -0.25) is 14.5 Å². The number of likely N-dealkylation sites (N-methyl/N-ethyl adjacent to an activating group) is 1. The zero-order valence-electron chi connectivity index (χ0n) is 19.1. The number of amides is 2. The zero-order valence-corrected chi connectivity index (χ0v) is 19.1. The number of benzene rings is 2. The fourth-order valence-corrected chi connectivity index (χ4v) is 4.35. The van der Waals surface area contributed by atoms with Gasteiger partial charge in [0.05, 0.1) is 11.4 Å². The molecule has 1 aromatic heterocycles. The van der Waals surface area contributed by atoms with Gasteiger partial charge in [0.25, 0.3) is 11.8 Å². The second-order valence-electron chi connectivity index (χ2n) is 8.51. The number of ether oxygens (including phenoxy) is 1. The summed E-state index contributed by atoms with van der Waals surface area (Å²) in [5.74, 6) is -0.162. The lowest BCUT2D eigenvalue weighted by Gasteiger charge is -2.23. The van der Waals surface area contributed by atoms with Crippen LogP contribution in [0.15, 0.2) is 71.4 Å². The fraction of sp³-hybridized carbons (Fsp3) is 0.185. The predicted octanol–water partition coefficient (Wildman–Crippen LogP) is 4.08. The van der Waals surface area contributed by atoms with Gasteiger partial charge in [-0.25, -0.2) is 4.68 Å². The molecule has 34 heavy (non-hydrogen) atoms. The number of nitriles is 1. The first-order chi connectivity index (χ1) is 16.4. The molecule has 5 rings (SSSR count). The number of fused-ring (bicyclic) bond motifs is 1. The van der Waals surface area contributed by atoms with Crippen molar-refractivity contribution in [3.8, 4) is 28.8 Å². The van der Waals surface area contributed by atoms with Crippen molar-refractivity contribution in [3.05, 3.63) is 82.6 Å². The van der Waals surface area contributed by atoms with Crippen LogP contribution in [0.25, 0.3) is 23.0 Å². The Balaban J connectivity index is 1.70. The molecule has 0 aliphatic carbocycles. The summed E-state index contributed by atoms with van der Waals surface area (Å²) in [6.07, 6.45) is 4.51. The Morgan fingerprint density at radius 1 is 1.15 bits per heavy atom. The highest BCUT2D eigenvalue weighted by atomic mass is 16.5. The molecule has 2 amide bonds. The molecule has 2 aliphatic heterocycles. The summed E-state index contributed by atoms with van der Waals surface area (Å²) in [5, 5.41) is 14.3. The quantitative estimate of drug-likeness (QED) is 0.443. The lowest BCUT2D eigenvalue weighted by molar-refractivity contribution is -0.138. The highest BCUT2D eigenvalue weighted by Crippen LogP contribution is 2.35. The van der Waals surface area contributed by atoms with Gasteiger partial charge in [0.2, 0.25) is 0 Å². The monoisotopic (exact) mass is 450 g/mol. The van der Waals surface area contributed by atoms with E-state index in [2.05, 4.69) is 6.07 Å². The Hall–Kier alpha value is -4.44. The van der Waals surface area contributed by atoms with Crippen LogP contribution in [0, 0.1) is 11.3 Å². The van der Waals surface area contributed by atoms with Crippen LogP contribution in [0.3, 0.4) is 0 Å². The minimum atomic E-state index is -0.588. The molecule has 0 saturated carbocycles. The van der Waals surface area contributed by atoms with Crippen LogP contribution >= 0.6 is 0 Å². The number of aromatic nitrogens is 2. The summed E-state index contributed by atoms with van der Waals surface area (Å²) in [7, 11) is 1.39. The predicted molar refractivity (Wildman–Crippen MR) is 127 cm³/mol. The van der Waals surface area contributed by atoms with Gasteiger partial charge in [-0.2, -0.15) is 10.4 Å². The van der Waals surface area contributed by atoms with E-state index in [4.69, 9.17) is 9.84 Å². The van der Waals surface area contributed by atoms with Gasteiger partial charge in [0.1, 0.15) is 23.5 Å². The van der Waals surface area contributed by atoms with Crippen LogP contribution in [-0.4, -0.2) is 39.6 Å². The van der Waals surface area contributed by atoms with Gasteiger partial charge in [0, 0.05) is 36.4 Å². The van der Waals surface area contributed by atoms with E-state index in [-0.39, 0.29) is 11.7 Å². The third-order valence-corrected chi connectivity index (χ3v) is 6.18. The summed E-state index contributed by atoms with van der Waals surface area (Å²) >= 11 is 0. The number of rotatable bonds is 3. The van der Waals surface area contributed by atoms with Gasteiger partial charge in [-0.05, 0) is 61.4 Å². The topological polar surface area (TPSA) is 88.2 Å². The van der Waals surface area contributed by atoms with Crippen molar-refractivity contribution in [1.29, 1.82) is 5.26 Å². The molecule has 0 radical (unpaired) electrons. The summed E-state index contributed by atoms with van der Waals surface area (Å²) < 4.78 is 7.61. The molecular formula is C27H22N4O3. The molecule has 2 aliphatic rings. The minimum absolute atomic E-state index is 0.0333. The van der Waals surface area contributed by atoms with Gasteiger partial charge < -0.3 is 4.74 Å². The molecule has 7 nitrogen and oxygen atoms in total. The molecular weight excluding hydrogens is 428 g/mol. The third kappa shape index (κ3) is 3.50. The second-order valence-corrected chi connectivity index (χ2v) is 8.51. The maximum absolute atomic E-state index is 13.0. The van der Waals surface area contributed by atoms with Crippen molar-refractivity contribution < 1.29 is 14.3 Å². The van der Waals surface area contributed by atoms with Gasteiger partial charge in [-0.15, -0.1) is 0 Å². The van der Waals surface area contributed by atoms with E-state index in [1.54, 1.807) is 17.7 Å².